The van der Waals surface area contributed by atoms with E-state index >= 15 is 0 Å². The Morgan fingerprint density at radius 2 is 1.96 bits per heavy atom. The number of aromatic nitrogens is 3. The lowest BCUT2D eigenvalue weighted by Crippen LogP contribution is -2.13. The molecule has 2 heterocycles. The second-order valence-corrected chi connectivity index (χ2v) is 6.10. The van der Waals surface area contributed by atoms with Crippen LogP contribution in [-0.2, 0) is 0 Å². The van der Waals surface area contributed by atoms with E-state index in [1.807, 2.05) is 30.5 Å². The number of rotatable bonds is 5. The van der Waals surface area contributed by atoms with E-state index < -0.39 is 0 Å². The number of anilines is 3. The van der Waals surface area contributed by atoms with Crippen LogP contribution >= 0.6 is 23.1 Å². The molecule has 0 aliphatic carbocycles. The summed E-state index contributed by atoms with van der Waals surface area (Å²) in [5, 5.41) is 8.11. The first-order chi connectivity index (χ1) is 11.3. The van der Waals surface area contributed by atoms with Crippen molar-refractivity contribution in [2.24, 2.45) is 0 Å². The molecule has 2 aromatic heterocycles. The summed E-state index contributed by atoms with van der Waals surface area (Å²) in [6.45, 7) is 0. The van der Waals surface area contributed by atoms with Gasteiger partial charge in [0.1, 0.15) is 5.69 Å². The highest BCUT2D eigenvalue weighted by Gasteiger charge is 2.13. The normalized spacial score (nSPS) is 10.3. The van der Waals surface area contributed by atoms with Crippen LogP contribution in [0.2, 0.25) is 0 Å². The highest BCUT2D eigenvalue weighted by Crippen LogP contribution is 2.25. The summed E-state index contributed by atoms with van der Waals surface area (Å²) in [6, 6.07) is 9.38. The van der Waals surface area contributed by atoms with Gasteiger partial charge in [-0.25, -0.2) is 15.0 Å². The van der Waals surface area contributed by atoms with Crippen molar-refractivity contribution in [2.45, 2.75) is 4.90 Å². The highest BCUT2D eigenvalue weighted by molar-refractivity contribution is 7.98. The van der Waals surface area contributed by atoms with Gasteiger partial charge in [0.2, 0.25) is 5.95 Å². The highest BCUT2D eigenvalue weighted by atomic mass is 32.2. The second kappa shape index (κ2) is 7.21. The Hall–Kier alpha value is -2.45. The number of hydrogen-bond donors (Lipinski definition) is 2. The van der Waals surface area contributed by atoms with Crippen molar-refractivity contribution < 1.29 is 4.79 Å². The molecule has 8 heteroatoms. The third-order valence-corrected chi connectivity index (χ3v) is 4.43. The van der Waals surface area contributed by atoms with Crippen LogP contribution < -0.4 is 10.6 Å². The molecule has 0 unspecified atom stereocenters. The van der Waals surface area contributed by atoms with Crippen LogP contribution in [0.3, 0.4) is 0 Å². The number of amides is 1. The molecule has 0 aliphatic rings. The number of hydrogen-bond acceptors (Lipinski definition) is 7. The Kier molecular flexibility index (Phi) is 4.84. The molecule has 0 fully saturated rings. The molecule has 1 aromatic carbocycles. The van der Waals surface area contributed by atoms with E-state index in [1.165, 1.54) is 11.3 Å². The number of carbonyl (C=O) groups is 1. The van der Waals surface area contributed by atoms with Crippen LogP contribution in [-0.4, -0.2) is 27.1 Å². The fourth-order valence-electron chi connectivity index (χ4n) is 1.83. The number of nitrogens with one attached hydrogen (secondary N) is 2. The van der Waals surface area contributed by atoms with Crippen LogP contribution in [0.15, 0.2) is 53.0 Å². The summed E-state index contributed by atoms with van der Waals surface area (Å²) in [4.78, 5) is 25.7. The number of thiazole rings is 1. The van der Waals surface area contributed by atoms with Crippen molar-refractivity contribution >= 4 is 45.8 Å². The molecule has 3 rings (SSSR count). The number of thioether (sulfide) groups is 1. The Bertz CT molecular complexity index is 806. The van der Waals surface area contributed by atoms with Gasteiger partial charge in [0.25, 0.3) is 5.91 Å². The largest absolute Gasteiger partial charge is 0.320 e. The minimum Gasteiger partial charge on any atom is -0.320 e. The van der Waals surface area contributed by atoms with Gasteiger partial charge in [-0.05, 0) is 24.5 Å². The predicted octanol–water partition coefficient (Wildman–Crippen LogP) is 3.65. The maximum atomic E-state index is 12.3. The molecular weight excluding hydrogens is 330 g/mol. The maximum absolute atomic E-state index is 12.3. The number of para-hydroxylation sites is 1. The first-order valence-corrected chi connectivity index (χ1v) is 8.80. The van der Waals surface area contributed by atoms with Gasteiger partial charge in [-0.2, -0.15) is 0 Å². The summed E-state index contributed by atoms with van der Waals surface area (Å²) in [5.41, 5.74) is 1.13. The average molecular weight is 343 g/mol. The van der Waals surface area contributed by atoms with Gasteiger partial charge in [0, 0.05) is 22.7 Å². The van der Waals surface area contributed by atoms with Crippen molar-refractivity contribution in [1.82, 2.24) is 15.0 Å². The minimum atomic E-state index is -0.246. The number of carbonyl (C=O) groups excluding carboxylic acids is 1. The molecule has 0 saturated carbocycles. The van der Waals surface area contributed by atoms with Gasteiger partial charge in [-0.15, -0.1) is 23.1 Å². The van der Waals surface area contributed by atoms with Crippen molar-refractivity contribution in [2.75, 3.05) is 16.9 Å². The van der Waals surface area contributed by atoms with E-state index in [9.17, 15) is 4.79 Å². The Labute approximate surface area is 141 Å². The van der Waals surface area contributed by atoms with Crippen LogP contribution in [0.4, 0.5) is 16.8 Å². The SMILES string of the molecule is CSc1ccccc1NC(=O)c1csc(Nc2ncccn2)n1. The lowest BCUT2D eigenvalue weighted by molar-refractivity contribution is 0.102. The summed E-state index contributed by atoms with van der Waals surface area (Å²) in [6.07, 6.45) is 5.24. The van der Waals surface area contributed by atoms with Crippen LogP contribution in [0.1, 0.15) is 10.5 Å². The van der Waals surface area contributed by atoms with Gasteiger partial charge in [0.15, 0.2) is 5.13 Å². The maximum Gasteiger partial charge on any atom is 0.275 e. The molecule has 23 heavy (non-hydrogen) atoms. The number of benzene rings is 1. The molecule has 0 saturated heterocycles. The van der Waals surface area contributed by atoms with Crippen molar-refractivity contribution in [3.63, 3.8) is 0 Å². The van der Waals surface area contributed by atoms with E-state index in [4.69, 9.17) is 0 Å². The molecule has 0 aliphatic heterocycles. The molecule has 0 atom stereocenters. The molecule has 2 N–H and O–H groups in total. The van der Waals surface area contributed by atoms with E-state index in [2.05, 4.69) is 25.6 Å². The third-order valence-electron chi connectivity index (χ3n) is 2.88. The van der Waals surface area contributed by atoms with Crippen molar-refractivity contribution in [3.05, 3.63) is 53.8 Å². The van der Waals surface area contributed by atoms with E-state index in [1.54, 1.807) is 35.6 Å². The average Bonchev–Trinajstić information content (AvgIpc) is 3.05. The van der Waals surface area contributed by atoms with Crippen molar-refractivity contribution in [3.8, 4) is 0 Å². The molecule has 6 nitrogen and oxygen atoms in total. The zero-order chi connectivity index (χ0) is 16.1. The van der Waals surface area contributed by atoms with E-state index in [0.717, 1.165) is 10.6 Å². The molecule has 0 radical (unpaired) electrons. The van der Waals surface area contributed by atoms with Gasteiger partial charge >= 0.3 is 0 Å². The Balaban J connectivity index is 1.71. The fraction of sp³-hybridized carbons (Fsp3) is 0.0667. The molecular formula is C15H13N5OS2. The number of nitrogens with zero attached hydrogens (tertiary/aromatic N) is 3. The smallest absolute Gasteiger partial charge is 0.275 e. The predicted molar refractivity (Wildman–Crippen MR) is 93.6 cm³/mol. The van der Waals surface area contributed by atoms with Gasteiger partial charge < -0.3 is 10.6 Å². The molecule has 0 spiro atoms. The summed E-state index contributed by atoms with van der Waals surface area (Å²) in [5.74, 6) is 0.200. The van der Waals surface area contributed by atoms with Crippen molar-refractivity contribution in [1.29, 1.82) is 0 Å². The fourth-order valence-corrected chi connectivity index (χ4v) is 3.07. The Morgan fingerprint density at radius 3 is 2.74 bits per heavy atom. The molecule has 3 aromatic rings. The standard InChI is InChI=1S/C15H13N5OS2/c1-22-12-6-3-2-5-10(12)18-13(21)11-9-23-15(19-11)20-14-16-7-4-8-17-14/h2-9H,1H3,(H,18,21)(H,16,17,19,20). The lowest BCUT2D eigenvalue weighted by atomic mass is 10.3. The monoisotopic (exact) mass is 343 g/mol. The quantitative estimate of drug-likeness (QED) is 0.688. The first kappa shape index (κ1) is 15.4. The van der Waals surface area contributed by atoms with E-state index in [-0.39, 0.29) is 5.91 Å². The van der Waals surface area contributed by atoms with Crippen LogP contribution in [0, 0.1) is 0 Å². The first-order valence-electron chi connectivity index (χ1n) is 6.70. The zero-order valence-corrected chi connectivity index (χ0v) is 13.8. The summed E-state index contributed by atoms with van der Waals surface area (Å²) in [7, 11) is 0. The van der Waals surface area contributed by atoms with Gasteiger partial charge in [0.05, 0.1) is 5.69 Å². The Morgan fingerprint density at radius 1 is 1.17 bits per heavy atom. The molecule has 116 valence electrons. The second-order valence-electron chi connectivity index (χ2n) is 4.39. The zero-order valence-electron chi connectivity index (χ0n) is 12.2. The molecule has 1 amide bonds. The lowest BCUT2D eigenvalue weighted by Gasteiger charge is -2.07. The third kappa shape index (κ3) is 3.85. The topological polar surface area (TPSA) is 79.8 Å². The minimum absolute atomic E-state index is 0.246. The van der Waals surface area contributed by atoms with Gasteiger partial charge in [-0.1, -0.05) is 12.1 Å². The van der Waals surface area contributed by atoms with Crippen LogP contribution in [0.25, 0.3) is 0 Å². The van der Waals surface area contributed by atoms with E-state index in [0.29, 0.717) is 16.8 Å². The van der Waals surface area contributed by atoms with Crippen LogP contribution in [0.5, 0.6) is 0 Å². The summed E-state index contributed by atoms with van der Waals surface area (Å²) < 4.78 is 0. The van der Waals surface area contributed by atoms with Gasteiger partial charge in [-0.3, -0.25) is 4.79 Å². The molecule has 0 bridgehead atoms. The summed E-state index contributed by atoms with van der Waals surface area (Å²) >= 11 is 2.90.